The van der Waals surface area contributed by atoms with Gasteiger partial charge in [0.1, 0.15) is 8.83 Å². The first kappa shape index (κ1) is 7.47. The average molecular weight is 138 g/mol. The molecule has 0 radical (unpaired) electrons. The van der Waals surface area contributed by atoms with Gasteiger partial charge in [-0.2, -0.15) is 11.1 Å². The van der Waals surface area contributed by atoms with Crippen LogP contribution < -0.4 is 5.32 Å². The third-order valence-corrected chi connectivity index (χ3v) is 2.38. The van der Waals surface area contributed by atoms with Crippen LogP contribution in [0.5, 0.6) is 0 Å². The molecule has 7 heavy (non-hydrogen) atoms. The van der Waals surface area contributed by atoms with Crippen molar-refractivity contribution in [1.82, 2.24) is 5.32 Å². The lowest BCUT2D eigenvalue weighted by Crippen LogP contribution is -2.07. The molecule has 0 saturated heterocycles. The van der Waals surface area contributed by atoms with E-state index >= 15 is 0 Å². The largest absolute Gasteiger partial charge is 0.320 e. The van der Waals surface area contributed by atoms with Crippen molar-refractivity contribution in [2.24, 2.45) is 0 Å². The molecule has 1 nitrogen and oxygen atoms in total. The molecule has 0 aromatic rings. The predicted octanol–water partition coefficient (Wildman–Crippen LogP) is 0.337. The lowest BCUT2D eigenvalue weighted by atomic mass is 10.5. The first-order valence-electron chi connectivity index (χ1n) is 2.62. The van der Waals surface area contributed by atoms with E-state index in [1.54, 1.807) is 0 Å². The monoisotopic (exact) mass is 137 g/mol. The Kier molecular flexibility index (Phi) is 6.90. The lowest BCUT2D eigenvalue weighted by Gasteiger charge is -1.91. The summed E-state index contributed by atoms with van der Waals surface area (Å²) in [5.41, 5.74) is 0. The maximum atomic E-state index is 5.55. The van der Waals surface area contributed by atoms with Crippen LogP contribution in [0.4, 0.5) is 0 Å². The van der Waals surface area contributed by atoms with Gasteiger partial charge in [0.15, 0.2) is 0 Å². The molecule has 0 rings (SSSR count). The Morgan fingerprint density at radius 3 is 2.86 bits per heavy atom. The Hall–Kier alpha value is 0.467. The van der Waals surface area contributed by atoms with Crippen LogP contribution in [0.25, 0.3) is 0 Å². The van der Waals surface area contributed by atoms with Crippen LogP contribution in [0, 0.1) is 0 Å². The van der Waals surface area contributed by atoms with Gasteiger partial charge in [-0.3, -0.25) is 0 Å². The second-order valence-corrected chi connectivity index (χ2v) is 3.72. The van der Waals surface area contributed by atoms with E-state index < -0.39 is 0 Å². The molecule has 0 spiro atoms. The molecule has 1 N–H and O–H groups in total. The van der Waals surface area contributed by atoms with Crippen LogP contribution in [0.2, 0.25) is 6.04 Å². The summed E-state index contributed by atoms with van der Waals surface area (Å²) in [5.74, 6) is 0. The summed E-state index contributed by atoms with van der Waals surface area (Å²) in [6.45, 7) is 1.12. The summed E-state index contributed by atoms with van der Waals surface area (Å²) in [5, 5.41) is 3.07. The summed E-state index contributed by atoms with van der Waals surface area (Å²) in [4.78, 5) is 0. The summed E-state index contributed by atoms with van der Waals surface area (Å²) in [6, 6.07) is 1.27. The van der Waals surface area contributed by atoms with Gasteiger partial charge < -0.3 is 5.32 Å². The van der Waals surface area contributed by atoms with Crippen molar-refractivity contribution in [2.75, 3.05) is 13.6 Å². The molecule has 0 aliphatic rings. The first-order chi connectivity index (χ1) is 3.41. The zero-order chi connectivity index (χ0) is 5.54. The minimum absolute atomic E-state index is 0.174. The van der Waals surface area contributed by atoms with Crippen LogP contribution in [0.1, 0.15) is 6.42 Å². The van der Waals surface area contributed by atoms with E-state index in [0.29, 0.717) is 0 Å². The highest BCUT2D eigenvalue weighted by Gasteiger charge is 1.81. The summed E-state index contributed by atoms with van der Waals surface area (Å²) >= 11 is 5.55. The van der Waals surface area contributed by atoms with E-state index in [4.69, 9.17) is 11.1 Å². The summed E-state index contributed by atoms with van der Waals surface area (Å²) in [7, 11) is 1.79. The molecule has 3 heteroatoms. The van der Waals surface area contributed by atoms with Gasteiger partial charge in [-0.25, -0.2) is 0 Å². The summed E-state index contributed by atoms with van der Waals surface area (Å²) in [6.07, 6.45) is 1.26. The lowest BCUT2D eigenvalue weighted by molar-refractivity contribution is 0.771. The van der Waals surface area contributed by atoms with Crippen LogP contribution in [0.15, 0.2) is 0 Å². The minimum Gasteiger partial charge on any atom is -0.320 e. The van der Waals surface area contributed by atoms with Gasteiger partial charge in [-0.15, -0.1) is 0 Å². The Balaban J connectivity index is 2.45. The van der Waals surface area contributed by atoms with Crippen LogP contribution in [0.3, 0.4) is 0 Å². The van der Waals surface area contributed by atoms with Crippen molar-refractivity contribution in [3.8, 4) is 0 Å². The number of rotatable bonds is 4. The molecule has 0 amide bonds. The van der Waals surface area contributed by atoms with Crippen molar-refractivity contribution >= 4 is 19.9 Å². The van der Waals surface area contributed by atoms with E-state index in [2.05, 4.69) is 5.32 Å². The fraction of sp³-hybridized carbons (Fsp3) is 1.00. The van der Waals surface area contributed by atoms with Gasteiger partial charge >= 0.3 is 0 Å². The Labute approximate surface area is 52.0 Å². The first-order valence-corrected chi connectivity index (χ1v) is 5.76. The molecule has 0 bridgehead atoms. The fourth-order valence-corrected chi connectivity index (χ4v) is 1.40. The molecule has 0 atom stereocenters. The van der Waals surface area contributed by atoms with Gasteiger partial charge in [0, 0.05) is 0 Å². The van der Waals surface area contributed by atoms with Gasteiger partial charge in [-0.1, -0.05) is 0 Å². The third-order valence-electron chi connectivity index (χ3n) is 0.810. The van der Waals surface area contributed by atoms with E-state index in [1.165, 1.54) is 12.5 Å². The molecule has 0 unspecified atom stereocenters. The van der Waals surface area contributed by atoms with Crippen LogP contribution in [-0.2, 0) is 0 Å². The zero-order valence-electron chi connectivity index (χ0n) is 4.71. The van der Waals surface area contributed by atoms with Crippen molar-refractivity contribution in [3.05, 3.63) is 0 Å². The van der Waals surface area contributed by atoms with Crippen molar-refractivity contribution in [2.45, 2.75) is 12.5 Å². The second kappa shape index (κ2) is 6.47. The molecule has 0 aromatic heterocycles. The van der Waals surface area contributed by atoms with Crippen molar-refractivity contribution < 1.29 is 0 Å². The standard InChI is InChI=1S/C4H12ClNSi/c1-6-3-2-4-7-5/h6H,2-4,7H2,1H3. The smallest absolute Gasteiger partial charge is 0.125 e. The molecule has 0 aromatic carbocycles. The maximum absolute atomic E-state index is 5.55. The highest BCUT2D eigenvalue weighted by atomic mass is 35.6. The number of hydrogen-bond acceptors (Lipinski definition) is 1. The van der Waals surface area contributed by atoms with E-state index in [-0.39, 0.29) is 8.83 Å². The SMILES string of the molecule is CNCCC[SiH2]Cl. The molecule has 44 valence electrons. The van der Waals surface area contributed by atoms with Gasteiger partial charge in [-0.05, 0) is 26.1 Å². The van der Waals surface area contributed by atoms with Gasteiger partial charge in [0.2, 0.25) is 0 Å². The Morgan fingerprint density at radius 2 is 2.43 bits per heavy atom. The Morgan fingerprint density at radius 1 is 1.71 bits per heavy atom. The number of halogens is 1. The zero-order valence-corrected chi connectivity index (χ0v) is 6.88. The summed E-state index contributed by atoms with van der Waals surface area (Å²) < 4.78 is 0. The number of hydrogen-bond donors (Lipinski definition) is 1. The molecule has 0 heterocycles. The number of nitrogens with one attached hydrogen (secondary N) is 1. The topological polar surface area (TPSA) is 12.0 Å². The van der Waals surface area contributed by atoms with Gasteiger partial charge in [0.05, 0.1) is 0 Å². The van der Waals surface area contributed by atoms with Crippen LogP contribution in [-0.4, -0.2) is 22.4 Å². The maximum Gasteiger partial charge on any atom is 0.125 e. The van der Waals surface area contributed by atoms with E-state index in [9.17, 15) is 0 Å². The van der Waals surface area contributed by atoms with E-state index in [0.717, 1.165) is 6.54 Å². The average Bonchev–Trinajstić information content (AvgIpc) is 1.69. The molecule has 0 aliphatic heterocycles. The van der Waals surface area contributed by atoms with Crippen molar-refractivity contribution in [1.29, 1.82) is 0 Å². The Bertz CT molecular complexity index is 30.9. The third kappa shape index (κ3) is 6.47. The normalized spacial score (nSPS) is 11.1. The molecular formula is C4H12ClNSi. The highest BCUT2D eigenvalue weighted by Crippen LogP contribution is 1.86. The second-order valence-electron chi connectivity index (χ2n) is 1.50. The van der Waals surface area contributed by atoms with E-state index in [1.807, 2.05) is 7.05 Å². The highest BCUT2D eigenvalue weighted by molar-refractivity contribution is 6.93. The van der Waals surface area contributed by atoms with Crippen LogP contribution >= 0.6 is 11.1 Å². The molecular weight excluding hydrogens is 126 g/mol. The molecule has 0 fully saturated rings. The minimum atomic E-state index is -0.174. The predicted molar refractivity (Wildman–Crippen MR) is 37.7 cm³/mol. The van der Waals surface area contributed by atoms with Crippen molar-refractivity contribution in [3.63, 3.8) is 0 Å². The van der Waals surface area contributed by atoms with Gasteiger partial charge in [0.25, 0.3) is 0 Å². The quantitative estimate of drug-likeness (QED) is 0.335. The molecule has 0 aliphatic carbocycles. The fourth-order valence-electron chi connectivity index (χ4n) is 0.396. The molecule has 0 saturated carbocycles.